The van der Waals surface area contributed by atoms with Gasteiger partial charge in [0.1, 0.15) is 14.0 Å². The van der Waals surface area contributed by atoms with Gasteiger partial charge in [-0.3, -0.25) is 0 Å². The monoisotopic (exact) mass is 248 g/mol. The summed E-state index contributed by atoms with van der Waals surface area (Å²) in [4.78, 5) is 0. The van der Waals surface area contributed by atoms with E-state index in [-0.39, 0.29) is 5.85 Å². The Morgan fingerprint density at radius 3 is 2.87 bits per heavy atom. The van der Waals surface area contributed by atoms with Crippen LogP contribution in [0.1, 0.15) is 6.42 Å². The molecule has 15 heavy (non-hydrogen) atoms. The maximum absolute atomic E-state index is 5.84. The Kier molecular flexibility index (Phi) is 6.24. The average molecular weight is 248 g/mol. The van der Waals surface area contributed by atoms with E-state index in [9.17, 15) is 0 Å². The van der Waals surface area contributed by atoms with Crippen LogP contribution in [0.4, 0.5) is 0 Å². The van der Waals surface area contributed by atoms with Gasteiger partial charge in [0.05, 0.1) is 25.2 Å². The molecule has 0 aliphatic carbocycles. The second-order valence-corrected chi connectivity index (χ2v) is 5.60. The minimum absolute atomic E-state index is 0.170. The van der Waals surface area contributed by atoms with Gasteiger partial charge in [-0.2, -0.15) is 0 Å². The van der Waals surface area contributed by atoms with Crippen LogP contribution < -0.4 is 0 Å². The molecule has 86 valence electrons. The fourth-order valence-electron chi connectivity index (χ4n) is 1.45. The maximum Gasteiger partial charge on any atom is 0.119 e. The zero-order chi connectivity index (χ0) is 11.1. The van der Waals surface area contributed by atoms with Crippen LogP contribution in [0, 0.1) is 0 Å². The minimum atomic E-state index is -0.538. The van der Waals surface area contributed by atoms with Gasteiger partial charge in [0.2, 0.25) is 0 Å². The summed E-state index contributed by atoms with van der Waals surface area (Å²) >= 11 is 0. The molecule has 1 rings (SSSR count). The maximum atomic E-state index is 5.84. The SMILES string of the molecule is C=COCCC1OC(CP)CP1OC=C. The van der Waals surface area contributed by atoms with Crippen molar-refractivity contribution in [3.63, 3.8) is 0 Å². The van der Waals surface area contributed by atoms with Crippen molar-refractivity contribution in [1.29, 1.82) is 0 Å². The van der Waals surface area contributed by atoms with Gasteiger partial charge in [0.15, 0.2) is 0 Å². The Balaban J connectivity index is 2.37. The summed E-state index contributed by atoms with van der Waals surface area (Å²) in [5, 5.41) is 0. The molecule has 0 aromatic heterocycles. The van der Waals surface area contributed by atoms with E-state index in [0.29, 0.717) is 12.7 Å². The molecule has 3 nitrogen and oxygen atoms in total. The highest BCUT2D eigenvalue weighted by atomic mass is 31.1. The predicted octanol–water partition coefficient (Wildman–Crippen LogP) is 2.69. The third kappa shape index (κ3) is 4.10. The lowest BCUT2D eigenvalue weighted by atomic mass is 10.4. The van der Waals surface area contributed by atoms with Crippen LogP contribution in [0.2, 0.25) is 0 Å². The molecule has 1 fully saturated rings. The lowest BCUT2D eigenvalue weighted by molar-refractivity contribution is 0.0613. The van der Waals surface area contributed by atoms with E-state index in [0.717, 1.165) is 18.7 Å². The normalized spacial score (nSPS) is 29.8. The summed E-state index contributed by atoms with van der Waals surface area (Å²) in [7, 11) is 2.17. The molecular formula is C10H18O3P2. The van der Waals surface area contributed by atoms with Crippen molar-refractivity contribution in [2.45, 2.75) is 18.4 Å². The smallest absolute Gasteiger partial charge is 0.119 e. The van der Waals surface area contributed by atoms with E-state index in [1.165, 1.54) is 12.5 Å². The Morgan fingerprint density at radius 2 is 2.27 bits per heavy atom. The van der Waals surface area contributed by atoms with Crippen molar-refractivity contribution in [2.75, 3.05) is 18.9 Å². The molecular weight excluding hydrogens is 230 g/mol. The van der Waals surface area contributed by atoms with E-state index in [4.69, 9.17) is 14.0 Å². The largest absolute Gasteiger partial charge is 0.502 e. The number of hydrogen-bond donors (Lipinski definition) is 0. The van der Waals surface area contributed by atoms with Crippen LogP contribution in [0.25, 0.3) is 0 Å². The molecule has 0 spiro atoms. The van der Waals surface area contributed by atoms with Gasteiger partial charge in [-0.05, 0) is 6.16 Å². The summed E-state index contributed by atoms with van der Waals surface area (Å²) in [5.41, 5.74) is 0. The molecule has 0 radical (unpaired) electrons. The first-order chi connectivity index (χ1) is 7.31. The van der Waals surface area contributed by atoms with Crippen LogP contribution in [0.5, 0.6) is 0 Å². The van der Waals surface area contributed by atoms with E-state index in [1.54, 1.807) is 0 Å². The highest BCUT2D eigenvalue weighted by Gasteiger charge is 2.35. The molecule has 0 amide bonds. The Hall–Kier alpha value is -0.100. The first-order valence-corrected chi connectivity index (χ1v) is 7.27. The van der Waals surface area contributed by atoms with Crippen LogP contribution in [-0.2, 0) is 14.0 Å². The van der Waals surface area contributed by atoms with Gasteiger partial charge in [-0.15, -0.1) is 9.24 Å². The molecule has 4 atom stereocenters. The first-order valence-electron chi connectivity index (χ1n) is 4.94. The van der Waals surface area contributed by atoms with Gasteiger partial charge in [-0.25, -0.2) is 0 Å². The molecule has 0 saturated carbocycles. The number of rotatable bonds is 7. The average Bonchev–Trinajstić information content (AvgIpc) is 2.62. The fraction of sp³-hybridized carbons (Fsp3) is 0.600. The second kappa shape index (κ2) is 7.22. The third-order valence-corrected chi connectivity index (χ3v) is 4.86. The van der Waals surface area contributed by atoms with Gasteiger partial charge in [0, 0.05) is 12.6 Å². The van der Waals surface area contributed by atoms with Crippen molar-refractivity contribution in [2.24, 2.45) is 0 Å². The molecule has 0 N–H and O–H groups in total. The molecule has 1 saturated heterocycles. The van der Waals surface area contributed by atoms with Gasteiger partial charge in [0.25, 0.3) is 0 Å². The van der Waals surface area contributed by atoms with Crippen molar-refractivity contribution in [1.82, 2.24) is 0 Å². The lowest BCUT2D eigenvalue weighted by Gasteiger charge is -2.16. The fourth-order valence-corrected chi connectivity index (χ4v) is 4.00. The summed E-state index contributed by atoms with van der Waals surface area (Å²) in [6.07, 6.45) is 6.07. The van der Waals surface area contributed by atoms with Gasteiger partial charge < -0.3 is 14.0 Å². The predicted molar refractivity (Wildman–Crippen MR) is 67.1 cm³/mol. The minimum Gasteiger partial charge on any atom is -0.502 e. The molecule has 0 bridgehead atoms. The zero-order valence-electron chi connectivity index (χ0n) is 8.80. The van der Waals surface area contributed by atoms with E-state index >= 15 is 0 Å². The van der Waals surface area contributed by atoms with E-state index in [1.807, 2.05) is 0 Å². The lowest BCUT2D eigenvalue weighted by Crippen LogP contribution is -2.14. The number of ether oxygens (including phenoxy) is 2. The molecule has 5 heteroatoms. The van der Waals surface area contributed by atoms with Crippen molar-refractivity contribution >= 4 is 17.4 Å². The van der Waals surface area contributed by atoms with Crippen molar-refractivity contribution in [3.8, 4) is 0 Å². The summed E-state index contributed by atoms with van der Waals surface area (Å²) in [6, 6.07) is 0. The molecule has 4 unspecified atom stereocenters. The summed E-state index contributed by atoms with van der Waals surface area (Å²) < 4.78 is 16.4. The molecule has 1 heterocycles. The van der Waals surface area contributed by atoms with Crippen LogP contribution in [0.3, 0.4) is 0 Å². The third-order valence-electron chi connectivity index (χ3n) is 2.13. The quantitative estimate of drug-likeness (QED) is 0.394. The highest BCUT2D eigenvalue weighted by Crippen LogP contribution is 2.51. The highest BCUT2D eigenvalue weighted by molar-refractivity contribution is 7.53. The first kappa shape index (κ1) is 13.0. The number of hydrogen-bond acceptors (Lipinski definition) is 3. The van der Waals surface area contributed by atoms with E-state index in [2.05, 4.69) is 22.4 Å². The molecule has 1 aliphatic heterocycles. The summed E-state index contributed by atoms with van der Waals surface area (Å²) in [6.45, 7) is 7.73. The molecule has 1 aliphatic rings. The zero-order valence-corrected chi connectivity index (χ0v) is 10.9. The molecule has 0 aromatic carbocycles. The van der Waals surface area contributed by atoms with Crippen LogP contribution in [0.15, 0.2) is 25.7 Å². The second-order valence-electron chi connectivity index (χ2n) is 3.15. The Morgan fingerprint density at radius 1 is 1.47 bits per heavy atom. The van der Waals surface area contributed by atoms with Crippen LogP contribution in [-0.4, -0.2) is 30.9 Å². The topological polar surface area (TPSA) is 27.7 Å². The Bertz CT molecular complexity index is 211. The van der Waals surface area contributed by atoms with Gasteiger partial charge >= 0.3 is 0 Å². The Labute approximate surface area is 94.9 Å². The molecule has 0 aromatic rings. The van der Waals surface area contributed by atoms with Crippen molar-refractivity contribution < 1.29 is 14.0 Å². The van der Waals surface area contributed by atoms with Gasteiger partial charge in [-0.1, -0.05) is 13.2 Å². The van der Waals surface area contributed by atoms with Crippen molar-refractivity contribution in [3.05, 3.63) is 25.7 Å². The van der Waals surface area contributed by atoms with E-state index < -0.39 is 8.15 Å². The summed E-state index contributed by atoms with van der Waals surface area (Å²) in [5.74, 6) is 0.170. The van der Waals surface area contributed by atoms with Crippen LogP contribution >= 0.6 is 17.4 Å². The standard InChI is InChI=1S/C10H18O3P2/c1-3-11-6-5-10-13-9(7-14)8-15(10)12-4-2/h3-4,9-10H,1-2,5-8,14H2.